The first kappa shape index (κ1) is 23.4. The zero-order valence-corrected chi connectivity index (χ0v) is 20.2. The number of nitrogens with zero attached hydrogens (tertiary/aromatic N) is 4. The van der Waals surface area contributed by atoms with E-state index in [0.29, 0.717) is 35.7 Å². The number of hydrogen-bond acceptors (Lipinski definition) is 5. The summed E-state index contributed by atoms with van der Waals surface area (Å²) in [5, 5.41) is 0.579. The molecule has 176 valence electrons. The predicted molar refractivity (Wildman–Crippen MR) is 128 cm³/mol. The molecule has 0 spiro atoms. The van der Waals surface area contributed by atoms with E-state index >= 15 is 0 Å². The van der Waals surface area contributed by atoms with Gasteiger partial charge in [-0.2, -0.15) is 4.31 Å². The van der Waals surface area contributed by atoms with E-state index in [1.165, 1.54) is 16.1 Å². The SMILES string of the molecule is CCN(Cc1ccc(C(=O)N2CCN(S(=O)(=O)c3c[nH]c4ncccc34)CC2)cc1)C(C)C. The highest BCUT2D eigenvalue weighted by molar-refractivity contribution is 7.89. The molecule has 0 unspecified atom stereocenters. The minimum atomic E-state index is -3.67. The van der Waals surface area contributed by atoms with Gasteiger partial charge in [-0.05, 0) is 50.2 Å². The zero-order valence-electron chi connectivity index (χ0n) is 19.4. The average Bonchev–Trinajstić information content (AvgIpc) is 3.27. The Labute approximate surface area is 195 Å². The van der Waals surface area contributed by atoms with Crippen LogP contribution < -0.4 is 0 Å². The van der Waals surface area contributed by atoms with Gasteiger partial charge in [-0.1, -0.05) is 19.1 Å². The van der Waals surface area contributed by atoms with Crippen molar-refractivity contribution in [3.63, 3.8) is 0 Å². The number of pyridine rings is 1. The van der Waals surface area contributed by atoms with Gasteiger partial charge < -0.3 is 9.88 Å². The Hall–Kier alpha value is -2.75. The number of fused-ring (bicyclic) bond motifs is 1. The summed E-state index contributed by atoms with van der Waals surface area (Å²) in [4.78, 5) is 24.4. The van der Waals surface area contributed by atoms with Gasteiger partial charge in [0.25, 0.3) is 5.91 Å². The van der Waals surface area contributed by atoms with Crippen molar-refractivity contribution in [2.24, 2.45) is 0 Å². The van der Waals surface area contributed by atoms with Gasteiger partial charge in [0, 0.05) is 62.1 Å². The fraction of sp³-hybridized carbons (Fsp3) is 0.417. The Morgan fingerprint density at radius 3 is 2.45 bits per heavy atom. The van der Waals surface area contributed by atoms with Gasteiger partial charge in [0.1, 0.15) is 10.5 Å². The summed E-state index contributed by atoms with van der Waals surface area (Å²) in [6.45, 7) is 9.57. The van der Waals surface area contributed by atoms with Crippen molar-refractivity contribution in [2.75, 3.05) is 32.7 Å². The highest BCUT2D eigenvalue weighted by atomic mass is 32.2. The predicted octanol–water partition coefficient (Wildman–Crippen LogP) is 2.94. The van der Waals surface area contributed by atoms with Gasteiger partial charge in [0.15, 0.2) is 0 Å². The number of carbonyl (C=O) groups is 1. The first-order valence-electron chi connectivity index (χ1n) is 11.4. The summed E-state index contributed by atoms with van der Waals surface area (Å²) >= 11 is 0. The second-order valence-corrected chi connectivity index (χ2v) is 10.5. The number of hydrogen-bond donors (Lipinski definition) is 1. The smallest absolute Gasteiger partial charge is 0.253 e. The van der Waals surface area contributed by atoms with Crippen LogP contribution in [0.25, 0.3) is 11.0 Å². The maximum atomic E-state index is 13.2. The van der Waals surface area contributed by atoms with Crippen molar-refractivity contribution in [3.05, 3.63) is 59.9 Å². The van der Waals surface area contributed by atoms with E-state index in [9.17, 15) is 13.2 Å². The molecule has 3 aromatic rings. The Morgan fingerprint density at radius 2 is 1.82 bits per heavy atom. The average molecular weight is 470 g/mol. The zero-order chi connectivity index (χ0) is 23.6. The van der Waals surface area contributed by atoms with Crippen LogP contribution in [0.3, 0.4) is 0 Å². The lowest BCUT2D eigenvalue weighted by Crippen LogP contribution is -2.50. The topological polar surface area (TPSA) is 89.6 Å². The molecule has 0 radical (unpaired) electrons. The summed E-state index contributed by atoms with van der Waals surface area (Å²) in [5.41, 5.74) is 2.35. The second kappa shape index (κ2) is 9.62. The van der Waals surface area contributed by atoms with Crippen molar-refractivity contribution < 1.29 is 13.2 Å². The number of sulfonamides is 1. The molecular formula is C24H31N5O3S. The molecule has 0 bridgehead atoms. The highest BCUT2D eigenvalue weighted by Crippen LogP contribution is 2.25. The molecular weight excluding hydrogens is 438 g/mol. The molecule has 3 heterocycles. The normalized spacial score (nSPS) is 15.6. The van der Waals surface area contributed by atoms with Crippen LogP contribution >= 0.6 is 0 Å². The Balaban J connectivity index is 1.40. The van der Waals surface area contributed by atoms with Crippen LogP contribution in [0.15, 0.2) is 53.7 Å². The molecule has 1 aliphatic heterocycles. The maximum Gasteiger partial charge on any atom is 0.253 e. The molecule has 0 saturated carbocycles. The van der Waals surface area contributed by atoms with Crippen molar-refractivity contribution >= 4 is 27.0 Å². The molecule has 1 fully saturated rings. The van der Waals surface area contributed by atoms with Gasteiger partial charge in [-0.25, -0.2) is 13.4 Å². The van der Waals surface area contributed by atoms with E-state index in [4.69, 9.17) is 0 Å². The molecule has 2 aromatic heterocycles. The molecule has 8 nitrogen and oxygen atoms in total. The monoisotopic (exact) mass is 469 g/mol. The lowest BCUT2D eigenvalue weighted by molar-refractivity contribution is 0.0698. The largest absolute Gasteiger partial charge is 0.345 e. The molecule has 1 saturated heterocycles. The summed E-state index contributed by atoms with van der Waals surface area (Å²) < 4.78 is 27.8. The van der Waals surface area contributed by atoms with Gasteiger partial charge >= 0.3 is 0 Å². The number of H-pyrrole nitrogens is 1. The van der Waals surface area contributed by atoms with Crippen LogP contribution in [-0.2, 0) is 16.6 Å². The van der Waals surface area contributed by atoms with Gasteiger partial charge in [0.05, 0.1) is 0 Å². The van der Waals surface area contributed by atoms with Gasteiger partial charge in [-0.3, -0.25) is 9.69 Å². The minimum absolute atomic E-state index is 0.0638. The van der Waals surface area contributed by atoms with E-state index in [0.717, 1.165) is 13.1 Å². The van der Waals surface area contributed by atoms with Crippen molar-refractivity contribution in [1.82, 2.24) is 24.1 Å². The minimum Gasteiger partial charge on any atom is -0.345 e. The molecule has 9 heteroatoms. The van der Waals surface area contributed by atoms with Crippen LogP contribution in [0, 0.1) is 0 Å². The summed E-state index contributed by atoms with van der Waals surface area (Å²) in [5.74, 6) is -0.0638. The van der Waals surface area contributed by atoms with Crippen LogP contribution in [0.1, 0.15) is 36.7 Å². The van der Waals surface area contributed by atoms with Crippen molar-refractivity contribution in [2.45, 2.75) is 38.3 Å². The molecule has 1 aliphatic rings. The Bertz CT molecular complexity index is 1210. The Morgan fingerprint density at radius 1 is 1.12 bits per heavy atom. The third-order valence-electron chi connectivity index (χ3n) is 6.28. The van der Waals surface area contributed by atoms with Crippen molar-refractivity contribution in [1.29, 1.82) is 0 Å². The number of nitrogens with one attached hydrogen (secondary N) is 1. The first-order chi connectivity index (χ1) is 15.8. The third kappa shape index (κ3) is 4.80. The van der Waals surface area contributed by atoms with Crippen LogP contribution in [0.4, 0.5) is 0 Å². The summed E-state index contributed by atoms with van der Waals surface area (Å²) in [6, 6.07) is 11.7. The number of amides is 1. The standard InChI is InChI=1S/C24H31N5O3S/c1-4-27(18(2)3)17-19-7-9-20(10-8-19)24(30)28-12-14-29(15-13-28)33(31,32)22-16-26-23-21(22)6-5-11-25-23/h5-11,16,18H,4,12-15,17H2,1-3H3,(H,25,26). The molecule has 33 heavy (non-hydrogen) atoms. The third-order valence-corrected chi connectivity index (χ3v) is 8.22. The van der Waals surface area contributed by atoms with Crippen LogP contribution in [-0.4, -0.2) is 77.2 Å². The molecule has 1 amide bonds. The number of piperazine rings is 1. The molecule has 1 N–H and O–H groups in total. The molecule has 4 rings (SSSR count). The first-order valence-corrected chi connectivity index (χ1v) is 12.8. The molecule has 1 aromatic carbocycles. The van der Waals surface area contributed by atoms with Gasteiger partial charge in [0.2, 0.25) is 10.0 Å². The lowest BCUT2D eigenvalue weighted by Gasteiger charge is -2.34. The lowest BCUT2D eigenvalue weighted by atomic mass is 10.1. The number of benzene rings is 1. The van der Waals surface area contributed by atoms with Gasteiger partial charge in [-0.15, -0.1) is 0 Å². The van der Waals surface area contributed by atoms with Crippen molar-refractivity contribution in [3.8, 4) is 0 Å². The van der Waals surface area contributed by atoms with E-state index in [2.05, 4.69) is 35.6 Å². The van der Waals surface area contributed by atoms with E-state index in [1.807, 2.05) is 24.3 Å². The highest BCUT2D eigenvalue weighted by Gasteiger charge is 2.32. The van der Waals surface area contributed by atoms with E-state index < -0.39 is 10.0 Å². The van der Waals surface area contributed by atoms with E-state index in [-0.39, 0.29) is 23.9 Å². The van der Waals surface area contributed by atoms with Crippen LogP contribution in [0.5, 0.6) is 0 Å². The molecule has 0 aliphatic carbocycles. The number of aromatic amines is 1. The van der Waals surface area contributed by atoms with Crippen LogP contribution in [0.2, 0.25) is 0 Å². The second-order valence-electron chi connectivity index (χ2n) is 8.60. The maximum absolute atomic E-state index is 13.2. The molecule has 0 atom stereocenters. The fourth-order valence-corrected chi connectivity index (χ4v) is 5.82. The summed E-state index contributed by atoms with van der Waals surface area (Å²) in [7, 11) is -3.67. The number of rotatable bonds is 7. The fourth-order valence-electron chi connectivity index (χ4n) is 4.24. The summed E-state index contributed by atoms with van der Waals surface area (Å²) in [6.07, 6.45) is 3.11. The quantitative estimate of drug-likeness (QED) is 0.575. The number of aromatic nitrogens is 2. The van der Waals surface area contributed by atoms with E-state index in [1.54, 1.807) is 23.2 Å². The number of carbonyl (C=O) groups excluding carboxylic acids is 1. The Kier molecular flexibility index (Phi) is 6.83.